The van der Waals surface area contributed by atoms with Gasteiger partial charge in [0.2, 0.25) is 0 Å². The minimum atomic E-state index is -0.0625. The van der Waals surface area contributed by atoms with E-state index in [9.17, 15) is 9.59 Å². The molecule has 8 heavy (non-hydrogen) atoms. The van der Waals surface area contributed by atoms with Gasteiger partial charge in [0.25, 0.3) is 0 Å². The maximum atomic E-state index is 10.0. The average molecular weight is 132 g/mol. The highest BCUT2D eigenvalue weighted by atomic mass is 28.1. The molecular weight excluding hydrogens is 120 g/mol. The van der Waals surface area contributed by atoms with Gasteiger partial charge in [-0.1, -0.05) is 0 Å². The highest BCUT2D eigenvalue weighted by molar-refractivity contribution is 5.96. The van der Waals surface area contributed by atoms with Crippen molar-refractivity contribution in [3.63, 3.8) is 0 Å². The monoisotopic (exact) mass is 132 g/mol. The first kappa shape index (κ1) is 10.5. The molecule has 0 aromatic carbocycles. The smallest absolute Gasteiger partial charge is 0.137 e. The maximum Gasteiger partial charge on any atom is 0.137 e. The summed E-state index contributed by atoms with van der Waals surface area (Å²) in [5.74, 6) is -0.125. The van der Waals surface area contributed by atoms with Crippen LogP contribution in [0.25, 0.3) is 0 Å². The predicted octanol–water partition coefficient (Wildman–Crippen LogP) is -0.897. The van der Waals surface area contributed by atoms with Crippen LogP contribution in [0.2, 0.25) is 0 Å². The van der Waals surface area contributed by atoms with Crippen molar-refractivity contribution in [2.75, 3.05) is 0 Å². The summed E-state index contributed by atoms with van der Waals surface area (Å²) in [5, 5.41) is 0. The molecule has 0 saturated heterocycles. The number of carbonyl (C=O) groups excluding carboxylic acids is 2. The van der Waals surface area contributed by atoms with Crippen LogP contribution >= 0.6 is 0 Å². The van der Waals surface area contributed by atoms with E-state index in [0.29, 0.717) is 0 Å². The summed E-state index contributed by atoms with van der Waals surface area (Å²) in [4.78, 5) is 20.1. The van der Waals surface area contributed by atoms with Crippen molar-refractivity contribution < 1.29 is 9.59 Å². The molecule has 0 aromatic heterocycles. The molecule has 0 radical (unpaired) electrons. The highest BCUT2D eigenvalue weighted by Crippen LogP contribution is 1.80. The standard InChI is InChI=1S/C5H8O2.H4Si/c1-4(6)3-5(2)7;/h3H2,1-2H3;1H4. The van der Waals surface area contributed by atoms with Gasteiger partial charge in [-0.25, -0.2) is 0 Å². The molecule has 48 valence electrons. The molecule has 0 atom stereocenters. The molecule has 0 aliphatic carbocycles. The minimum absolute atomic E-state index is 0. The second-order valence-corrected chi connectivity index (χ2v) is 1.58. The summed E-state index contributed by atoms with van der Waals surface area (Å²) in [6.07, 6.45) is 0.0833. The van der Waals surface area contributed by atoms with Gasteiger partial charge < -0.3 is 0 Å². The predicted molar refractivity (Wildman–Crippen MR) is 37.3 cm³/mol. The molecule has 0 N–H and O–H groups in total. The van der Waals surface area contributed by atoms with E-state index >= 15 is 0 Å². The zero-order valence-electron chi connectivity index (χ0n) is 4.52. The first-order valence-electron chi connectivity index (χ1n) is 2.12. The third-order valence-electron chi connectivity index (χ3n) is 0.498. The van der Waals surface area contributed by atoms with Gasteiger partial charge in [0, 0.05) is 0 Å². The van der Waals surface area contributed by atoms with Crippen LogP contribution in [0, 0.1) is 0 Å². The van der Waals surface area contributed by atoms with Crippen molar-refractivity contribution in [1.82, 2.24) is 0 Å². The van der Waals surface area contributed by atoms with E-state index < -0.39 is 0 Å². The van der Waals surface area contributed by atoms with Gasteiger partial charge >= 0.3 is 0 Å². The Morgan fingerprint density at radius 2 is 1.38 bits per heavy atom. The lowest BCUT2D eigenvalue weighted by atomic mass is 10.2. The molecule has 0 fully saturated rings. The van der Waals surface area contributed by atoms with Crippen LogP contribution in [0.3, 0.4) is 0 Å². The number of Topliss-reactive ketones (excluding diaryl/α,β-unsaturated/α-hetero) is 2. The van der Waals surface area contributed by atoms with Crippen LogP contribution in [-0.4, -0.2) is 22.5 Å². The van der Waals surface area contributed by atoms with Gasteiger partial charge in [-0.3, -0.25) is 9.59 Å². The van der Waals surface area contributed by atoms with Crippen molar-refractivity contribution in [3.8, 4) is 0 Å². The molecule has 0 aliphatic rings. The van der Waals surface area contributed by atoms with Crippen LogP contribution in [0.5, 0.6) is 0 Å². The van der Waals surface area contributed by atoms with E-state index in [4.69, 9.17) is 0 Å². The lowest BCUT2D eigenvalue weighted by Crippen LogP contribution is -1.97. The number of hydrogen-bond donors (Lipinski definition) is 0. The fraction of sp³-hybridized carbons (Fsp3) is 0.600. The summed E-state index contributed by atoms with van der Waals surface area (Å²) in [6.45, 7) is 2.81. The van der Waals surface area contributed by atoms with Crippen molar-refractivity contribution in [3.05, 3.63) is 0 Å². The molecule has 2 nitrogen and oxygen atoms in total. The van der Waals surface area contributed by atoms with Gasteiger partial charge in [-0.15, -0.1) is 0 Å². The highest BCUT2D eigenvalue weighted by Gasteiger charge is 1.94. The number of hydrogen-bond acceptors (Lipinski definition) is 2. The Morgan fingerprint density at radius 1 is 1.12 bits per heavy atom. The number of carbonyl (C=O) groups is 2. The van der Waals surface area contributed by atoms with E-state index in [1.807, 2.05) is 0 Å². The summed E-state index contributed by atoms with van der Waals surface area (Å²) in [5.41, 5.74) is 0. The molecule has 0 bridgehead atoms. The quantitative estimate of drug-likeness (QED) is 0.360. The van der Waals surface area contributed by atoms with Gasteiger partial charge in [-0.2, -0.15) is 0 Å². The topological polar surface area (TPSA) is 34.1 Å². The largest absolute Gasteiger partial charge is 0.300 e. The Labute approximate surface area is 53.3 Å². The van der Waals surface area contributed by atoms with Crippen molar-refractivity contribution in [2.45, 2.75) is 20.3 Å². The van der Waals surface area contributed by atoms with Crippen molar-refractivity contribution in [1.29, 1.82) is 0 Å². The molecule has 3 heteroatoms. The number of ketones is 2. The molecule has 0 amide bonds. The second-order valence-electron chi connectivity index (χ2n) is 1.58. The van der Waals surface area contributed by atoms with Gasteiger partial charge in [0.05, 0.1) is 6.42 Å². The first-order chi connectivity index (χ1) is 3.13. The normalized spacial score (nSPS) is 7.25. The van der Waals surface area contributed by atoms with Crippen LogP contribution in [0.1, 0.15) is 20.3 Å². The summed E-state index contributed by atoms with van der Waals surface area (Å²) in [7, 11) is 0. The average Bonchev–Trinajstić information content (AvgIpc) is 1.27. The van der Waals surface area contributed by atoms with E-state index in [2.05, 4.69) is 0 Å². The third kappa shape index (κ3) is 9.12. The molecule has 0 heterocycles. The lowest BCUT2D eigenvalue weighted by Gasteiger charge is -1.81. The van der Waals surface area contributed by atoms with E-state index in [-0.39, 0.29) is 29.0 Å². The third-order valence-corrected chi connectivity index (χ3v) is 0.498. The molecule has 0 saturated carbocycles. The van der Waals surface area contributed by atoms with Gasteiger partial charge in [-0.05, 0) is 24.8 Å². The Morgan fingerprint density at radius 3 is 1.38 bits per heavy atom. The molecule has 0 rings (SSSR count). The van der Waals surface area contributed by atoms with Gasteiger partial charge in [0.1, 0.15) is 11.6 Å². The van der Waals surface area contributed by atoms with E-state index in [0.717, 1.165) is 0 Å². The molecular formula is C5H12O2Si. The van der Waals surface area contributed by atoms with Crippen molar-refractivity contribution in [2.24, 2.45) is 0 Å². The Balaban J connectivity index is 0. The van der Waals surface area contributed by atoms with Gasteiger partial charge in [0.15, 0.2) is 0 Å². The Hall–Kier alpha value is -0.443. The van der Waals surface area contributed by atoms with Crippen LogP contribution < -0.4 is 0 Å². The second kappa shape index (κ2) is 4.71. The van der Waals surface area contributed by atoms with Crippen molar-refractivity contribution >= 4 is 22.5 Å². The fourth-order valence-corrected chi connectivity index (χ4v) is 0.351. The fourth-order valence-electron chi connectivity index (χ4n) is 0.351. The first-order valence-corrected chi connectivity index (χ1v) is 2.12. The summed E-state index contributed by atoms with van der Waals surface area (Å²) < 4.78 is 0. The Kier molecular flexibility index (Phi) is 6.19. The molecule has 0 aromatic rings. The van der Waals surface area contributed by atoms with E-state index in [1.54, 1.807) is 0 Å². The Bertz CT molecular complexity index is 86.6. The minimum Gasteiger partial charge on any atom is -0.300 e. The zero-order valence-corrected chi connectivity index (χ0v) is 4.52. The summed E-state index contributed by atoms with van der Waals surface area (Å²) >= 11 is 0. The molecule has 0 unspecified atom stereocenters. The van der Waals surface area contributed by atoms with Crippen LogP contribution in [-0.2, 0) is 9.59 Å². The zero-order chi connectivity index (χ0) is 5.86. The van der Waals surface area contributed by atoms with Crippen LogP contribution in [0.4, 0.5) is 0 Å². The molecule has 0 spiro atoms. The lowest BCUT2D eigenvalue weighted by molar-refractivity contribution is -0.124. The van der Waals surface area contributed by atoms with Crippen LogP contribution in [0.15, 0.2) is 0 Å². The summed E-state index contributed by atoms with van der Waals surface area (Å²) in [6, 6.07) is 0. The SMILES string of the molecule is CC(=O)CC(C)=O.[SiH4]. The maximum absolute atomic E-state index is 10.0. The molecule has 0 aliphatic heterocycles. The van der Waals surface area contributed by atoms with E-state index in [1.165, 1.54) is 13.8 Å². The number of rotatable bonds is 2.